The second-order valence-electron chi connectivity index (χ2n) is 2.06. The highest BCUT2D eigenvalue weighted by molar-refractivity contribution is 5.81. The molecule has 5 nitrogen and oxygen atoms in total. The Kier molecular flexibility index (Phi) is 4.61. The molecule has 0 aliphatic heterocycles. The molecule has 0 rings (SSSR count). The lowest BCUT2D eigenvalue weighted by molar-refractivity contribution is 0.255. The van der Waals surface area contributed by atoms with E-state index in [1.54, 1.807) is 6.92 Å². The topological polar surface area (TPSA) is 90.9 Å². The molecular formula is C5H13N3O2. The molecule has 0 saturated carbocycles. The summed E-state index contributed by atoms with van der Waals surface area (Å²) in [7, 11) is 0. The van der Waals surface area contributed by atoms with E-state index >= 15 is 0 Å². The van der Waals surface area contributed by atoms with Crippen LogP contribution in [0.4, 0.5) is 0 Å². The molecule has 0 aromatic heterocycles. The van der Waals surface area contributed by atoms with Crippen LogP contribution in [-0.2, 0) is 0 Å². The zero-order valence-electron chi connectivity index (χ0n) is 5.91. The third-order valence-electron chi connectivity index (χ3n) is 1.03. The van der Waals surface area contributed by atoms with E-state index in [2.05, 4.69) is 10.5 Å². The molecule has 1 atom stereocenters. The summed E-state index contributed by atoms with van der Waals surface area (Å²) < 4.78 is 0. The lowest BCUT2D eigenvalue weighted by Gasteiger charge is -2.08. The maximum atomic E-state index is 8.51. The summed E-state index contributed by atoms with van der Waals surface area (Å²) in [6.07, 6.45) is 0. The standard InChI is InChI=1S/C5H13N3O2/c1-4(3-9)7-2-5(6)8-10/h4,7,9-10H,2-3H2,1H3,(H2,6,8). The molecule has 5 N–H and O–H groups in total. The highest BCUT2D eigenvalue weighted by Gasteiger charge is 1.98. The van der Waals surface area contributed by atoms with Gasteiger partial charge in [0.2, 0.25) is 0 Å². The molecule has 0 bridgehead atoms. The number of nitrogens with two attached hydrogens (primary N) is 1. The molecule has 0 aromatic rings. The van der Waals surface area contributed by atoms with Gasteiger partial charge in [-0.1, -0.05) is 5.16 Å². The molecule has 0 radical (unpaired) electrons. The second kappa shape index (κ2) is 5.01. The molecule has 1 unspecified atom stereocenters. The number of amidine groups is 1. The summed E-state index contributed by atoms with van der Waals surface area (Å²) in [5, 5.41) is 22.2. The van der Waals surface area contributed by atoms with Crippen LogP contribution in [-0.4, -0.2) is 35.3 Å². The minimum absolute atomic E-state index is 0.0275. The van der Waals surface area contributed by atoms with Gasteiger partial charge in [0, 0.05) is 6.04 Å². The summed E-state index contributed by atoms with van der Waals surface area (Å²) in [5.41, 5.74) is 5.13. The maximum absolute atomic E-state index is 8.51. The van der Waals surface area contributed by atoms with Crippen LogP contribution in [0, 0.1) is 0 Å². The van der Waals surface area contributed by atoms with Crippen LogP contribution in [0.2, 0.25) is 0 Å². The van der Waals surface area contributed by atoms with Gasteiger partial charge in [-0.2, -0.15) is 0 Å². The van der Waals surface area contributed by atoms with Crippen molar-refractivity contribution in [2.75, 3.05) is 13.2 Å². The highest BCUT2D eigenvalue weighted by atomic mass is 16.4. The molecule has 5 heteroatoms. The van der Waals surface area contributed by atoms with Gasteiger partial charge in [-0.3, -0.25) is 0 Å². The molecule has 0 spiro atoms. The lowest BCUT2D eigenvalue weighted by Crippen LogP contribution is -2.36. The Bertz CT molecular complexity index is 115. The van der Waals surface area contributed by atoms with Crippen molar-refractivity contribution in [1.82, 2.24) is 5.32 Å². The quantitative estimate of drug-likeness (QED) is 0.172. The van der Waals surface area contributed by atoms with Gasteiger partial charge in [0.25, 0.3) is 0 Å². The first-order chi connectivity index (χ1) is 4.70. The Labute approximate surface area is 59.5 Å². The number of nitrogens with zero attached hydrogens (tertiary/aromatic N) is 1. The monoisotopic (exact) mass is 147 g/mol. The molecule has 10 heavy (non-hydrogen) atoms. The minimum Gasteiger partial charge on any atom is -0.409 e. The first kappa shape index (κ1) is 9.19. The van der Waals surface area contributed by atoms with Crippen molar-refractivity contribution >= 4 is 5.84 Å². The molecule has 0 aromatic carbocycles. The van der Waals surface area contributed by atoms with Gasteiger partial charge >= 0.3 is 0 Å². The highest BCUT2D eigenvalue weighted by Crippen LogP contribution is 1.75. The number of aliphatic hydroxyl groups excluding tert-OH is 1. The molecule has 0 aliphatic carbocycles. The predicted octanol–water partition coefficient (Wildman–Crippen LogP) is -1.30. The van der Waals surface area contributed by atoms with Crippen LogP contribution in [0.5, 0.6) is 0 Å². The molecule has 0 aliphatic rings. The Morgan fingerprint density at radius 3 is 2.80 bits per heavy atom. The second-order valence-corrected chi connectivity index (χ2v) is 2.06. The van der Waals surface area contributed by atoms with Crippen molar-refractivity contribution in [3.63, 3.8) is 0 Å². The van der Waals surface area contributed by atoms with Crippen LogP contribution in [0.25, 0.3) is 0 Å². The van der Waals surface area contributed by atoms with Gasteiger partial charge in [0.05, 0.1) is 13.2 Å². The van der Waals surface area contributed by atoms with Gasteiger partial charge in [0.1, 0.15) is 0 Å². The summed E-state index contributed by atoms with van der Waals surface area (Å²) in [5.74, 6) is 0.111. The van der Waals surface area contributed by atoms with Crippen LogP contribution < -0.4 is 11.1 Å². The van der Waals surface area contributed by atoms with Crippen molar-refractivity contribution in [3.8, 4) is 0 Å². The van der Waals surface area contributed by atoms with E-state index in [1.807, 2.05) is 0 Å². The summed E-state index contributed by atoms with van der Waals surface area (Å²) in [4.78, 5) is 0. The van der Waals surface area contributed by atoms with Crippen molar-refractivity contribution in [3.05, 3.63) is 0 Å². The van der Waals surface area contributed by atoms with Crippen LogP contribution in [0.1, 0.15) is 6.92 Å². The lowest BCUT2D eigenvalue weighted by atomic mass is 10.3. The average Bonchev–Trinajstić information content (AvgIpc) is 1.99. The minimum atomic E-state index is -0.0275. The van der Waals surface area contributed by atoms with E-state index in [-0.39, 0.29) is 25.0 Å². The fourth-order valence-corrected chi connectivity index (χ4v) is 0.379. The number of nitrogens with one attached hydrogen (secondary N) is 1. The number of aliphatic hydroxyl groups is 1. The third-order valence-corrected chi connectivity index (χ3v) is 1.03. The molecule has 0 fully saturated rings. The van der Waals surface area contributed by atoms with Gasteiger partial charge in [-0.25, -0.2) is 0 Å². The van der Waals surface area contributed by atoms with Crippen molar-refractivity contribution in [2.24, 2.45) is 10.9 Å². The van der Waals surface area contributed by atoms with E-state index in [9.17, 15) is 0 Å². The van der Waals surface area contributed by atoms with Gasteiger partial charge in [0.15, 0.2) is 5.84 Å². The largest absolute Gasteiger partial charge is 0.409 e. The number of hydrogen-bond acceptors (Lipinski definition) is 4. The van der Waals surface area contributed by atoms with Crippen molar-refractivity contribution in [1.29, 1.82) is 0 Å². The zero-order chi connectivity index (χ0) is 7.98. The van der Waals surface area contributed by atoms with Gasteiger partial charge in [-0.05, 0) is 6.92 Å². The van der Waals surface area contributed by atoms with E-state index < -0.39 is 0 Å². The molecule has 0 heterocycles. The normalized spacial score (nSPS) is 15.2. The van der Waals surface area contributed by atoms with Gasteiger partial charge in [-0.15, -0.1) is 0 Å². The van der Waals surface area contributed by atoms with Crippen LogP contribution in [0.15, 0.2) is 5.16 Å². The van der Waals surface area contributed by atoms with Crippen molar-refractivity contribution < 1.29 is 10.3 Å². The number of oxime groups is 1. The Morgan fingerprint density at radius 1 is 1.80 bits per heavy atom. The van der Waals surface area contributed by atoms with Crippen LogP contribution in [0.3, 0.4) is 0 Å². The fourth-order valence-electron chi connectivity index (χ4n) is 0.379. The summed E-state index contributed by atoms with van der Waals surface area (Å²) in [6, 6.07) is -0.0275. The first-order valence-corrected chi connectivity index (χ1v) is 3.01. The Hall–Kier alpha value is -0.810. The molecule has 0 saturated heterocycles. The summed E-state index contributed by atoms with van der Waals surface area (Å²) in [6.45, 7) is 2.13. The number of hydrogen-bond donors (Lipinski definition) is 4. The van der Waals surface area contributed by atoms with Gasteiger partial charge < -0.3 is 21.4 Å². The van der Waals surface area contributed by atoms with E-state index in [0.717, 1.165) is 0 Å². The van der Waals surface area contributed by atoms with Crippen molar-refractivity contribution in [2.45, 2.75) is 13.0 Å². The number of rotatable bonds is 4. The molecule has 60 valence electrons. The summed E-state index contributed by atoms with van der Waals surface area (Å²) >= 11 is 0. The fraction of sp³-hybridized carbons (Fsp3) is 0.800. The van der Waals surface area contributed by atoms with E-state index in [1.165, 1.54) is 0 Å². The Balaban J connectivity index is 3.35. The smallest absolute Gasteiger partial charge is 0.153 e. The van der Waals surface area contributed by atoms with E-state index in [4.69, 9.17) is 16.0 Å². The average molecular weight is 147 g/mol. The Morgan fingerprint density at radius 2 is 2.40 bits per heavy atom. The predicted molar refractivity (Wildman–Crippen MR) is 38.0 cm³/mol. The van der Waals surface area contributed by atoms with Crippen LogP contribution >= 0.6 is 0 Å². The SMILES string of the molecule is CC(CO)NCC(N)=NO. The van der Waals surface area contributed by atoms with E-state index in [0.29, 0.717) is 0 Å². The maximum Gasteiger partial charge on any atom is 0.153 e. The first-order valence-electron chi connectivity index (χ1n) is 3.01. The molecular weight excluding hydrogens is 134 g/mol. The molecule has 0 amide bonds. The zero-order valence-corrected chi connectivity index (χ0v) is 5.91. The third kappa shape index (κ3) is 4.11.